The molecule has 0 aromatic heterocycles. The van der Waals surface area contributed by atoms with Gasteiger partial charge in [-0.1, -0.05) is 29.8 Å². The maximum atomic E-state index is 12.6. The van der Waals surface area contributed by atoms with Crippen LogP contribution in [-0.2, 0) is 17.4 Å². The van der Waals surface area contributed by atoms with Crippen molar-refractivity contribution in [1.29, 1.82) is 0 Å². The highest BCUT2D eigenvalue weighted by molar-refractivity contribution is 7.83. The van der Waals surface area contributed by atoms with Crippen molar-refractivity contribution in [1.82, 2.24) is 4.72 Å². The van der Waals surface area contributed by atoms with E-state index in [2.05, 4.69) is 4.72 Å². The largest absolute Gasteiger partial charge is 0.478 e. The van der Waals surface area contributed by atoms with E-state index in [1.165, 1.54) is 0 Å². The molecule has 2 atom stereocenters. The second-order valence-corrected chi connectivity index (χ2v) is 7.10. The topological polar surface area (TPSA) is 66.4 Å². The molecule has 120 valence electrons. The van der Waals surface area contributed by atoms with Crippen molar-refractivity contribution >= 4 is 28.6 Å². The predicted molar refractivity (Wildman–Crippen MR) is 90.1 cm³/mol. The third-order valence-corrected chi connectivity index (χ3v) is 5.69. The molecule has 1 aliphatic rings. The first-order chi connectivity index (χ1) is 11.1. The van der Waals surface area contributed by atoms with E-state index in [9.17, 15) is 14.1 Å². The number of aryl methyl sites for hydroxylation is 1. The monoisotopic (exact) mass is 349 g/mol. The number of carboxylic acids is 1. The number of rotatable bonds is 4. The number of carbonyl (C=O) groups is 1. The predicted octanol–water partition coefficient (Wildman–Crippen LogP) is 3.73. The molecular weight excluding hydrogens is 334 g/mol. The normalized spacial score (nSPS) is 18.2. The Hall–Kier alpha value is -1.69. The quantitative estimate of drug-likeness (QED) is 0.883. The zero-order valence-electron chi connectivity index (χ0n) is 12.3. The lowest BCUT2D eigenvalue weighted by molar-refractivity contribution is 0.0696. The molecule has 23 heavy (non-hydrogen) atoms. The Morgan fingerprint density at radius 2 is 2.04 bits per heavy atom. The van der Waals surface area contributed by atoms with Crippen molar-refractivity contribution in [3.05, 3.63) is 64.2 Å². The first-order valence-electron chi connectivity index (χ1n) is 7.35. The van der Waals surface area contributed by atoms with E-state index < -0.39 is 17.0 Å². The van der Waals surface area contributed by atoms with Crippen molar-refractivity contribution in [2.24, 2.45) is 0 Å². The van der Waals surface area contributed by atoms with Crippen LogP contribution >= 0.6 is 11.6 Å². The third-order valence-electron chi connectivity index (χ3n) is 3.99. The van der Waals surface area contributed by atoms with Crippen LogP contribution in [0.15, 0.2) is 47.4 Å². The van der Waals surface area contributed by atoms with Crippen molar-refractivity contribution < 1.29 is 14.1 Å². The number of fused-ring (bicyclic) bond motifs is 1. The highest BCUT2D eigenvalue weighted by atomic mass is 35.5. The summed E-state index contributed by atoms with van der Waals surface area (Å²) in [6.45, 7) is 0. The van der Waals surface area contributed by atoms with Gasteiger partial charge in [0.25, 0.3) is 0 Å². The highest BCUT2D eigenvalue weighted by Crippen LogP contribution is 2.32. The van der Waals surface area contributed by atoms with Gasteiger partial charge in [-0.3, -0.25) is 0 Å². The molecule has 2 N–H and O–H groups in total. The first kappa shape index (κ1) is 16.2. The summed E-state index contributed by atoms with van der Waals surface area (Å²) in [5, 5.41) is 9.62. The van der Waals surface area contributed by atoms with Gasteiger partial charge in [-0.2, -0.15) is 0 Å². The molecule has 3 rings (SSSR count). The van der Waals surface area contributed by atoms with Crippen LogP contribution in [-0.4, -0.2) is 15.3 Å². The van der Waals surface area contributed by atoms with E-state index in [4.69, 9.17) is 11.6 Å². The van der Waals surface area contributed by atoms with E-state index in [1.807, 2.05) is 6.07 Å². The molecular formula is C17H16ClNO3S. The Morgan fingerprint density at radius 1 is 1.26 bits per heavy atom. The van der Waals surface area contributed by atoms with Gasteiger partial charge in [0.1, 0.15) is 11.0 Å². The molecule has 6 heteroatoms. The van der Waals surface area contributed by atoms with Crippen LogP contribution in [0.25, 0.3) is 0 Å². The number of nitrogens with one attached hydrogen (secondary N) is 1. The third kappa shape index (κ3) is 3.47. The van der Waals surface area contributed by atoms with Crippen LogP contribution < -0.4 is 4.72 Å². The maximum Gasteiger partial charge on any atom is 0.335 e. The van der Waals surface area contributed by atoms with E-state index in [-0.39, 0.29) is 11.6 Å². The molecule has 1 aliphatic carbocycles. The number of aromatic carboxylic acids is 1. The summed E-state index contributed by atoms with van der Waals surface area (Å²) in [4.78, 5) is 11.7. The molecule has 0 heterocycles. The number of carboxylic acid groups (broad SMARTS) is 1. The minimum Gasteiger partial charge on any atom is -0.478 e. The summed E-state index contributed by atoms with van der Waals surface area (Å²) in [6.07, 6.45) is 2.69. The first-order valence-corrected chi connectivity index (χ1v) is 8.87. The lowest BCUT2D eigenvalue weighted by Gasteiger charge is -2.26. The van der Waals surface area contributed by atoms with Gasteiger partial charge < -0.3 is 5.11 Å². The van der Waals surface area contributed by atoms with Gasteiger partial charge in [-0.15, -0.1) is 0 Å². The fourth-order valence-corrected chi connectivity index (χ4v) is 4.27. The number of hydrogen-bond donors (Lipinski definition) is 2. The molecule has 0 saturated carbocycles. The van der Waals surface area contributed by atoms with Gasteiger partial charge in [0, 0.05) is 6.04 Å². The summed E-state index contributed by atoms with van der Waals surface area (Å²) >= 11 is 6.09. The maximum absolute atomic E-state index is 12.6. The fraction of sp³-hybridized carbons (Fsp3) is 0.235. The van der Waals surface area contributed by atoms with E-state index in [1.54, 1.807) is 36.4 Å². The van der Waals surface area contributed by atoms with E-state index >= 15 is 0 Å². The summed E-state index contributed by atoms with van der Waals surface area (Å²) < 4.78 is 15.7. The summed E-state index contributed by atoms with van der Waals surface area (Å²) in [7, 11) is -1.45. The zero-order chi connectivity index (χ0) is 16.4. The molecule has 0 aliphatic heterocycles. The Balaban J connectivity index is 1.88. The molecule has 2 unspecified atom stereocenters. The average molecular weight is 350 g/mol. The van der Waals surface area contributed by atoms with Gasteiger partial charge in [-0.05, 0) is 54.7 Å². The summed E-state index contributed by atoms with van der Waals surface area (Å²) in [5.41, 5.74) is 2.27. The lowest BCUT2D eigenvalue weighted by atomic mass is 9.87. The van der Waals surface area contributed by atoms with Crippen molar-refractivity contribution in [3.8, 4) is 0 Å². The number of benzene rings is 2. The highest BCUT2D eigenvalue weighted by Gasteiger charge is 2.24. The van der Waals surface area contributed by atoms with Crippen LogP contribution in [0.1, 0.15) is 40.4 Å². The van der Waals surface area contributed by atoms with Crippen molar-refractivity contribution in [2.75, 3.05) is 0 Å². The average Bonchev–Trinajstić information content (AvgIpc) is 2.55. The van der Waals surface area contributed by atoms with E-state index in [0.717, 1.165) is 30.4 Å². The van der Waals surface area contributed by atoms with Crippen LogP contribution in [0, 0.1) is 0 Å². The van der Waals surface area contributed by atoms with Gasteiger partial charge in [0.15, 0.2) is 0 Å². The molecule has 2 aromatic rings. The van der Waals surface area contributed by atoms with Gasteiger partial charge >= 0.3 is 5.97 Å². The SMILES string of the molecule is O=C(O)c1ccc2c(c1)C(NS(=O)c1ccccc1Cl)CCC2. The molecule has 2 aromatic carbocycles. The summed E-state index contributed by atoms with van der Waals surface area (Å²) in [6, 6.07) is 12.0. The minimum absolute atomic E-state index is 0.143. The Labute approximate surface area is 142 Å². The van der Waals surface area contributed by atoms with Gasteiger partial charge in [0.2, 0.25) is 0 Å². The van der Waals surface area contributed by atoms with Gasteiger partial charge in [0.05, 0.1) is 15.5 Å². The van der Waals surface area contributed by atoms with Crippen LogP contribution in [0.3, 0.4) is 0 Å². The van der Waals surface area contributed by atoms with Crippen LogP contribution in [0.5, 0.6) is 0 Å². The zero-order valence-corrected chi connectivity index (χ0v) is 13.9. The van der Waals surface area contributed by atoms with Crippen molar-refractivity contribution in [2.45, 2.75) is 30.2 Å². The van der Waals surface area contributed by atoms with Crippen molar-refractivity contribution in [3.63, 3.8) is 0 Å². The second-order valence-electron chi connectivity index (χ2n) is 5.48. The van der Waals surface area contributed by atoms with Crippen LogP contribution in [0.4, 0.5) is 0 Å². The molecule has 4 nitrogen and oxygen atoms in total. The molecule has 0 spiro atoms. The molecule has 0 radical (unpaired) electrons. The summed E-state index contributed by atoms with van der Waals surface area (Å²) in [5.74, 6) is -0.954. The fourth-order valence-electron chi connectivity index (χ4n) is 2.84. The Bertz CT molecular complexity index is 778. The Morgan fingerprint density at radius 3 is 2.78 bits per heavy atom. The molecule has 0 fully saturated rings. The van der Waals surface area contributed by atoms with Crippen LogP contribution in [0.2, 0.25) is 5.02 Å². The smallest absolute Gasteiger partial charge is 0.335 e. The minimum atomic E-state index is -1.45. The lowest BCUT2D eigenvalue weighted by Crippen LogP contribution is -2.27. The molecule has 0 saturated heterocycles. The second kappa shape index (κ2) is 6.83. The van der Waals surface area contributed by atoms with E-state index in [0.29, 0.717) is 9.92 Å². The molecule has 0 bridgehead atoms. The number of halogens is 1. The standard InChI is InChI=1S/C17H16ClNO3S/c18-14-5-1-2-7-16(14)23(22)19-15-6-3-4-11-8-9-12(17(20)21)10-13(11)15/h1-2,5,7-10,15,19H,3-4,6H2,(H,20,21). The number of hydrogen-bond acceptors (Lipinski definition) is 2. The molecule has 0 amide bonds. The van der Waals surface area contributed by atoms with Gasteiger partial charge in [-0.25, -0.2) is 13.7 Å². The Kier molecular flexibility index (Phi) is 4.80.